The summed E-state index contributed by atoms with van der Waals surface area (Å²) in [7, 11) is 0. The number of nitrogens with two attached hydrogens (primary N) is 2. The number of anilines is 2. The minimum absolute atomic E-state index is 0.136. The lowest BCUT2D eigenvalue weighted by atomic mass is 10.2. The first-order chi connectivity index (χ1) is 7.75. The van der Waals surface area contributed by atoms with Gasteiger partial charge in [0.1, 0.15) is 6.79 Å². The standard InChI is InChI=1S/C9H9N5.CH2O/c10-8-12-7(13-9(11)14-8)6-4-2-1-3-5-6;1-2/h1-5H,(H4,10,11,12,13,14);1H2. The van der Waals surface area contributed by atoms with Gasteiger partial charge in [-0.2, -0.15) is 15.0 Å². The molecule has 0 spiro atoms. The van der Waals surface area contributed by atoms with Crippen LogP contribution in [0.3, 0.4) is 0 Å². The molecule has 0 atom stereocenters. The summed E-state index contributed by atoms with van der Waals surface area (Å²) in [5, 5.41) is 0. The SMILES string of the molecule is C=O.Nc1nc(N)nc(-c2ccccc2)n1. The van der Waals surface area contributed by atoms with E-state index in [4.69, 9.17) is 16.3 Å². The fraction of sp³-hybridized carbons (Fsp3) is 0. The Kier molecular flexibility index (Phi) is 3.90. The molecule has 0 fully saturated rings. The molecule has 1 heterocycles. The summed E-state index contributed by atoms with van der Waals surface area (Å²) in [5.74, 6) is 0.767. The van der Waals surface area contributed by atoms with Crippen molar-refractivity contribution < 1.29 is 4.79 Å². The molecule has 0 radical (unpaired) electrons. The number of hydrogen-bond acceptors (Lipinski definition) is 6. The van der Waals surface area contributed by atoms with Gasteiger partial charge in [-0.15, -0.1) is 0 Å². The Morgan fingerprint density at radius 1 is 0.875 bits per heavy atom. The first-order valence-electron chi connectivity index (χ1n) is 4.37. The van der Waals surface area contributed by atoms with E-state index in [9.17, 15) is 0 Å². The zero-order chi connectivity index (χ0) is 12.0. The summed E-state index contributed by atoms with van der Waals surface area (Å²) in [6, 6.07) is 9.47. The molecular weight excluding hydrogens is 206 g/mol. The van der Waals surface area contributed by atoms with Crippen molar-refractivity contribution in [2.75, 3.05) is 11.5 Å². The van der Waals surface area contributed by atoms with Gasteiger partial charge < -0.3 is 16.3 Å². The van der Waals surface area contributed by atoms with Gasteiger partial charge in [-0.05, 0) is 0 Å². The molecule has 0 bridgehead atoms. The molecule has 16 heavy (non-hydrogen) atoms. The lowest BCUT2D eigenvalue weighted by molar-refractivity contribution is -0.0979. The molecule has 4 N–H and O–H groups in total. The quantitative estimate of drug-likeness (QED) is 0.720. The fourth-order valence-corrected chi connectivity index (χ4v) is 1.13. The van der Waals surface area contributed by atoms with E-state index in [0.717, 1.165) is 5.56 Å². The van der Waals surface area contributed by atoms with Crippen molar-refractivity contribution in [3.8, 4) is 11.4 Å². The monoisotopic (exact) mass is 217 g/mol. The van der Waals surface area contributed by atoms with Crippen LogP contribution in [0.5, 0.6) is 0 Å². The summed E-state index contributed by atoms with van der Waals surface area (Å²) < 4.78 is 0. The Hall–Kier alpha value is -2.50. The van der Waals surface area contributed by atoms with Crippen molar-refractivity contribution in [1.82, 2.24) is 15.0 Å². The molecule has 6 heteroatoms. The van der Waals surface area contributed by atoms with Crippen LogP contribution in [-0.2, 0) is 4.79 Å². The van der Waals surface area contributed by atoms with Crippen LogP contribution in [0.1, 0.15) is 0 Å². The van der Waals surface area contributed by atoms with Gasteiger partial charge in [0.05, 0.1) is 0 Å². The third-order valence-corrected chi connectivity index (χ3v) is 1.70. The van der Waals surface area contributed by atoms with Crippen molar-refractivity contribution in [2.24, 2.45) is 0 Å². The highest BCUT2D eigenvalue weighted by Crippen LogP contribution is 2.14. The average molecular weight is 217 g/mol. The van der Waals surface area contributed by atoms with Gasteiger partial charge in [0.2, 0.25) is 11.9 Å². The number of nitrogens with zero attached hydrogens (tertiary/aromatic N) is 3. The largest absolute Gasteiger partial charge is 0.368 e. The second kappa shape index (κ2) is 5.40. The van der Waals surface area contributed by atoms with Gasteiger partial charge in [0, 0.05) is 5.56 Å². The number of aromatic nitrogens is 3. The number of benzene rings is 1. The summed E-state index contributed by atoms with van der Waals surface area (Å²) in [5.41, 5.74) is 11.8. The predicted molar refractivity (Wildman–Crippen MR) is 61.2 cm³/mol. The highest BCUT2D eigenvalue weighted by atomic mass is 16.1. The van der Waals surface area contributed by atoms with E-state index < -0.39 is 0 Å². The van der Waals surface area contributed by atoms with Crippen LogP contribution in [0.2, 0.25) is 0 Å². The van der Waals surface area contributed by atoms with E-state index in [2.05, 4.69) is 15.0 Å². The number of hydrogen-bond donors (Lipinski definition) is 2. The van der Waals surface area contributed by atoms with Crippen LogP contribution in [0.25, 0.3) is 11.4 Å². The summed E-state index contributed by atoms with van der Waals surface area (Å²) in [6.45, 7) is 2.00. The van der Waals surface area contributed by atoms with E-state index in [1.165, 1.54) is 0 Å². The molecular formula is C10H11N5O. The molecule has 2 rings (SSSR count). The second-order valence-corrected chi connectivity index (χ2v) is 2.74. The summed E-state index contributed by atoms with van der Waals surface area (Å²) >= 11 is 0. The van der Waals surface area contributed by atoms with E-state index in [1.54, 1.807) is 0 Å². The van der Waals surface area contributed by atoms with Gasteiger partial charge in [-0.1, -0.05) is 30.3 Å². The Morgan fingerprint density at radius 2 is 1.38 bits per heavy atom. The smallest absolute Gasteiger partial charge is 0.225 e. The third kappa shape index (κ3) is 2.74. The van der Waals surface area contributed by atoms with E-state index >= 15 is 0 Å². The van der Waals surface area contributed by atoms with Crippen molar-refractivity contribution in [2.45, 2.75) is 0 Å². The Balaban J connectivity index is 0.000000606. The number of rotatable bonds is 1. The zero-order valence-corrected chi connectivity index (χ0v) is 8.50. The maximum Gasteiger partial charge on any atom is 0.225 e. The first kappa shape index (κ1) is 11.6. The molecule has 0 aliphatic carbocycles. The highest BCUT2D eigenvalue weighted by Gasteiger charge is 2.03. The lowest BCUT2D eigenvalue weighted by Crippen LogP contribution is -2.04. The molecule has 0 saturated heterocycles. The van der Waals surface area contributed by atoms with Gasteiger partial charge in [-0.25, -0.2) is 0 Å². The van der Waals surface area contributed by atoms with Crippen LogP contribution in [0.15, 0.2) is 30.3 Å². The van der Waals surface area contributed by atoms with Crippen LogP contribution < -0.4 is 11.5 Å². The molecule has 0 amide bonds. The van der Waals surface area contributed by atoms with Gasteiger partial charge >= 0.3 is 0 Å². The van der Waals surface area contributed by atoms with Gasteiger partial charge in [0.15, 0.2) is 5.82 Å². The molecule has 1 aromatic heterocycles. The van der Waals surface area contributed by atoms with Crippen molar-refractivity contribution >= 4 is 18.7 Å². The number of nitrogen functional groups attached to an aromatic ring is 2. The van der Waals surface area contributed by atoms with Crippen molar-refractivity contribution in [1.29, 1.82) is 0 Å². The minimum atomic E-state index is 0.136. The molecule has 0 aliphatic heterocycles. The Bertz CT molecular complexity index is 440. The second-order valence-electron chi connectivity index (χ2n) is 2.74. The molecule has 0 aliphatic rings. The fourth-order valence-electron chi connectivity index (χ4n) is 1.13. The molecule has 0 unspecified atom stereocenters. The summed E-state index contributed by atoms with van der Waals surface area (Å²) in [6.07, 6.45) is 0. The average Bonchev–Trinajstić information content (AvgIpc) is 2.32. The lowest BCUT2D eigenvalue weighted by Gasteiger charge is -2.00. The maximum absolute atomic E-state index is 8.00. The minimum Gasteiger partial charge on any atom is -0.368 e. The van der Waals surface area contributed by atoms with Crippen molar-refractivity contribution in [3.63, 3.8) is 0 Å². The highest BCUT2D eigenvalue weighted by molar-refractivity contribution is 5.56. The topological polar surface area (TPSA) is 108 Å². The molecule has 0 saturated carbocycles. The maximum atomic E-state index is 8.00. The first-order valence-corrected chi connectivity index (χ1v) is 4.37. The predicted octanol–water partition coefficient (Wildman–Crippen LogP) is 0.518. The Morgan fingerprint density at radius 3 is 1.88 bits per heavy atom. The normalized spacial score (nSPS) is 9.00. The number of carbonyl (C=O) groups is 1. The summed E-state index contributed by atoms with van der Waals surface area (Å²) in [4.78, 5) is 19.7. The van der Waals surface area contributed by atoms with E-state index in [1.807, 2.05) is 37.1 Å². The Labute approximate surface area is 92.4 Å². The zero-order valence-electron chi connectivity index (χ0n) is 8.50. The van der Waals surface area contributed by atoms with Crippen LogP contribution in [0, 0.1) is 0 Å². The van der Waals surface area contributed by atoms with Crippen LogP contribution >= 0.6 is 0 Å². The number of carbonyl (C=O) groups excluding carboxylic acids is 1. The third-order valence-electron chi connectivity index (χ3n) is 1.70. The van der Waals surface area contributed by atoms with E-state index in [0.29, 0.717) is 5.82 Å². The van der Waals surface area contributed by atoms with Gasteiger partial charge in [0.25, 0.3) is 0 Å². The van der Waals surface area contributed by atoms with Crippen LogP contribution in [-0.4, -0.2) is 21.7 Å². The van der Waals surface area contributed by atoms with Crippen LogP contribution in [0.4, 0.5) is 11.9 Å². The van der Waals surface area contributed by atoms with E-state index in [-0.39, 0.29) is 11.9 Å². The molecule has 1 aromatic carbocycles. The van der Waals surface area contributed by atoms with Gasteiger partial charge in [-0.3, -0.25) is 0 Å². The molecule has 2 aromatic rings. The molecule has 6 nitrogen and oxygen atoms in total. The molecule has 82 valence electrons. The van der Waals surface area contributed by atoms with Crippen molar-refractivity contribution in [3.05, 3.63) is 30.3 Å².